The minimum absolute atomic E-state index is 0.270. The molecule has 1 fully saturated rings. The van der Waals surface area contributed by atoms with Crippen LogP contribution in [0, 0.1) is 0 Å². The molecule has 0 unspecified atom stereocenters. The number of nitrogens with two attached hydrogens (primary N) is 1. The van der Waals surface area contributed by atoms with Crippen molar-refractivity contribution in [2.75, 3.05) is 50.7 Å². The minimum Gasteiger partial charge on any atom is -0.463 e. The highest BCUT2D eigenvalue weighted by atomic mass is 16.5. The zero-order valence-electron chi connectivity index (χ0n) is 12.0. The van der Waals surface area contributed by atoms with Crippen LogP contribution in [0.4, 0.5) is 11.9 Å². The van der Waals surface area contributed by atoms with E-state index in [-0.39, 0.29) is 12.0 Å². The van der Waals surface area contributed by atoms with Gasteiger partial charge < -0.3 is 9.64 Å². The van der Waals surface area contributed by atoms with Gasteiger partial charge in [-0.1, -0.05) is 6.92 Å². The molecule has 1 aliphatic rings. The molecule has 0 aromatic carbocycles. The second-order valence-corrected chi connectivity index (χ2v) is 4.66. The van der Waals surface area contributed by atoms with E-state index in [9.17, 15) is 0 Å². The van der Waals surface area contributed by atoms with Crippen molar-refractivity contribution in [1.82, 2.24) is 24.9 Å². The van der Waals surface area contributed by atoms with Gasteiger partial charge in [0, 0.05) is 26.2 Å². The highest BCUT2D eigenvalue weighted by Crippen LogP contribution is 2.12. The van der Waals surface area contributed by atoms with Gasteiger partial charge in [-0.3, -0.25) is 10.9 Å². The van der Waals surface area contributed by atoms with Crippen molar-refractivity contribution in [3.63, 3.8) is 0 Å². The molecule has 0 saturated carbocycles. The van der Waals surface area contributed by atoms with E-state index in [0.29, 0.717) is 12.6 Å². The van der Waals surface area contributed by atoms with Crippen LogP contribution in [0.15, 0.2) is 0 Å². The summed E-state index contributed by atoms with van der Waals surface area (Å²) in [4.78, 5) is 14.7. The third kappa shape index (κ3) is 4.15. The molecule has 0 bridgehead atoms. The first-order valence-electron chi connectivity index (χ1n) is 6.77. The largest absolute Gasteiger partial charge is 0.463 e. The van der Waals surface area contributed by atoms with Crippen molar-refractivity contribution in [3.8, 4) is 6.01 Å². The highest BCUT2D eigenvalue weighted by Gasteiger charge is 2.15. The van der Waals surface area contributed by atoms with E-state index in [2.05, 4.69) is 42.8 Å². The van der Waals surface area contributed by atoms with Gasteiger partial charge >= 0.3 is 6.01 Å². The van der Waals surface area contributed by atoms with Gasteiger partial charge in [0.2, 0.25) is 11.9 Å². The van der Waals surface area contributed by atoms with Crippen molar-refractivity contribution in [1.29, 1.82) is 0 Å². The van der Waals surface area contributed by atoms with Crippen LogP contribution >= 0.6 is 0 Å². The molecule has 2 rings (SSSR count). The summed E-state index contributed by atoms with van der Waals surface area (Å²) in [5.41, 5.74) is 5.58. The minimum atomic E-state index is 0.270. The number of nitrogens with zero attached hydrogens (tertiary/aromatic N) is 5. The number of hydrazine groups is 2. The van der Waals surface area contributed by atoms with Gasteiger partial charge in [-0.05, 0) is 13.5 Å². The number of hydrogen-bond acceptors (Lipinski definition) is 9. The maximum Gasteiger partial charge on any atom is 0.323 e. The third-order valence-electron chi connectivity index (χ3n) is 2.94. The molecule has 2 heterocycles. The summed E-state index contributed by atoms with van der Waals surface area (Å²) < 4.78 is 5.42. The summed E-state index contributed by atoms with van der Waals surface area (Å²) in [6, 6.07) is 0.270. The number of rotatable bonds is 6. The normalized spacial score (nSPS) is 16.9. The predicted molar refractivity (Wildman–Crippen MR) is 76.1 cm³/mol. The Labute approximate surface area is 118 Å². The number of ether oxygens (including phenoxy) is 1. The summed E-state index contributed by atoms with van der Waals surface area (Å²) in [7, 11) is 2.10. The number of likely N-dealkylation sites (N-methyl/N-ethyl adjacent to an activating group) is 1. The van der Waals surface area contributed by atoms with Crippen LogP contribution in [0.1, 0.15) is 13.3 Å². The van der Waals surface area contributed by atoms with Gasteiger partial charge in [0.25, 0.3) is 0 Å². The molecule has 9 heteroatoms. The topological polar surface area (TPSA) is 104 Å². The number of piperazine rings is 1. The molecular weight excluding hydrogens is 260 g/mol. The molecule has 0 aliphatic carbocycles. The van der Waals surface area contributed by atoms with Crippen LogP contribution in [0.5, 0.6) is 6.01 Å². The van der Waals surface area contributed by atoms with E-state index in [1.165, 1.54) is 0 Å². The Morgan fingerprint density at radius 2 is 1.85 bits per heavy atom. The number of nitrogens with one attached hydrogen (secondary N) is 2. The zero-order chi connectivity index (χ0) is 14.4. The smallest absolute Gasteiger partial charge is 0.323 e. The van der Waals surface area contributed by atoms with Gasteiger partial charge in [-0.15, -0.1) is 0 Å². The molecule has 0 radical (unpaired) electrons. The average molecular weight is 282 g/mol. The van der Waals surface area contributed by atoms with Gasteiger partial charge in [-0.25, -0.2) is 10.9 Å². The first-order chi connectivity index (χ1) is 9.71. The Morgan fingerprint density at radius 1 is 1.15 bits per heavy atom. The molecule has 1 aliphatic heterocycles. The first-order valence-corrected chi connectivity index (χ1v) is 6.77. The quantitative estimate of drug-likeness (QED) is 0.471. The molecule has 20 heavy (non-hydrogen) atoms. The third-order valence-corrected chi connectivity index (χ3v) is 2.94. The Kier molecular flexibility index (Phi) is 5.27. The lowest BCUT2D eigenvalue weighted by atomic mass is 10.4. The molecule has 1 aromatic rings. The Morgan fingerprint density at radius 3 is 2.50 bits per heavy atom. The fraction of sp³-hybridized carbons (Fsp3) is 0.727. The summed E-state index contributed by atoms with van der Waals surface area (Å²) in [6.45, 7) is 6.38. The number of nitrogen functional groups attached to an aromatic ring is 1. The Balaban J connectivity index is 2.02. The zero-order valence-corrected chi connectivity index (χ0v) is 12.0. The summed E-state index contributed by atoms with van der Waals surface area (Å²) in [6.07, 6.45) is 0.887. The summed E-state index contributed by atoms with van der Waals surface area (Å²) in [5, 5.41) is 2.07. The van der Waals surface area contributed by atoms with Crippen molar-refractivity contribution in [2.45, 2.75) is 13.3 Å². The van der Waals surface area contributed by atoms with E-state index >= 15 is 0 Å². The highest BCUT2D eigenvalue weighted by molar-refractivity contribution is 5.34. The predicted octanol–water partition coefficient (Wildman–Crippen LogP) is -0.480. The van der Waals surface area contributed by atoms with E-state index in [1.54, 1.807) is 0 Å². The van der Waals surface area contributed by atoms with Crippen LogP contribution in [0.3, 0.4) is 0 Å². The van der Waals surface area contributed by atoms with E-state index in [0.717, 1.165) is 32.6 Å². The maximum absolute atomic E-state index is 5.42. The van der Waals surface area contributed by atoms with E-state index < -0.39 is 0 Å². The van der Waals surface area contributed by atoms with Crippen LogP contribution in [-0.4, -0.2) is 64.7 Å². The van der Waals surface area contributed by atoms with Crippen LogP contribution < -0.4 is 21.4 Å². The first kappa shape index (κ1) is 14.7. The number of anilines is 2. The van der Waals surface area contributed by atoms with Gasteiger partial charge in [-0.2, -0.15) is 15.0 Å². The molecule has 0 amide bonds. The monoisotopic (exact) mass is 282 g/mol. The standard InChI is InChI=1S/C11H22N8O/c1-3-8-20-11-14-9(16-12)13-10(15-11)17-19-6-4-18(2)5-7-19/h3-8,12H2,1-2H3,(H2,13,14,15,16,17). The van der Waals surface area contributed by atoms with Crippen LogP contribution in [0.25, 0.3) is 0 Å². The van der Waals surface area contributed by atoms with Crippen LogP contribution in [0.2, 0.25) is 0 Å². The molecule has 4 N–H and O–H groups in total. The lowest BCUT2D eigenvalue weighted by molar-refractivity contribution is 0.177. The van der Waals surface area contributed by atoms with Gasteiger partial charge in [0.15, 0.2) is 0 Å². The van der Waals surface area contributed by atoms with Crippen molar-refractivity contribution in [3.05, 3.63) is 0 Å². The molecule has 0 spiro atoms. The molecule has 0 atom stereocenters. The SMILES string of the molecule is CCCOc1nc(NN)nc(NN2CCN(C)CC2)n1. The van der Waals surface area contributed by atoms with Crippen molar-refractivity contribution >= 4 is 11.9 Å². The van der Waals surface area contributed by atoms with Gasteiger partial charge in [0.05, 0.1) is 6.61 Å². The Hall–Kier alpha value is -1.71. The van der Waals surface area contributed by atoms with Crippen molar-refractivity contribution in [2.24, 2.45) is 5.84 Å². The lowest BCUT2D eigenvalue weighted by Gasteiger charge is -2.32. The lowest BCUT2D eigenvalue weighted by Crippen LogP contribution is -2.47. The van der Waals surface area contributed by atoms with Crippen LogP contribution in [-0.2, 0) is 0 Å². The fourth-order valence-corrected chi connectivity index (χ4v) is 1.79. The molecule has 1 aromatic heterocycles. The molecule has 9 nitrogen and oxygen atoms in total. The van der Waals surface area contributed by atoms with E-state index in [4.69, 9.17) is 10.6 Å². The second-order valence-electron chi connectivity index (χ2n) is 4.66. The summed E-state index contributed by atoms with van der Waals surface area (Å²) >= 11 is 0. The molecule has 112 valence electrons. The summed E-state index contributed by atoms with van der Waals surface area (Å²) in [5.74, 6) is 6.08. The number of aromatic nitrogens is 3. The molecular formula is C11H22N8O. The van der Waals surface area contributed by atoms with Gasteiger partial charge in [0.1, 0.15) is 0 Å². The Bertz CT molecular complexity index is 421. The second kappa shape index (κ2) is 7.17. The average Bonchev–Trinajstić information content (AvgIpc) is 2.47. The fourth-order valence-electron chi connectivity index (χ4n) is 1.79. The maximum atomic E-state index is 5.42. The van der Waals surface area contributed by atoms with Crippen molar-refractivity contribution < 1.29 is 4.74 Å². The molecule has 1 saturated heterocycles. The van der Waals surface area contributed by atoms with E-state index in [1.807, 2.05) is 6.92 Å². The number of hydrogen-bond donors (Lipinski definition) is 3.